The zero-order valence-corrected chi connectivity index (χ0v) is 13.7. The number of benzene rings is 1. The quantitative estimate of drug-likeness (QED) is 0.627. The number of para-hydroxylation sites is 1. The highest BCUT2D eigenvalue weighted by atomic mass is 32.1. The Bertz CT molecular complexity index is 660. The van der Waals surface area contributed by atoms with Gasteiger partial charge in [0.15, 0.2) is 5.96 Å². The van der Waals surface area contributed by atoms with E-state index in [4.69, 9.17) is 0 Å². The Morgan fingerprint density at radius 3 is 2.70 bits per heavy atom. The van der Waals surface area contributed by atoms with Crippen LogP contribution < -0.4 is 15.4 Å². The molecule has 0 radical (unpaired) electrons. The lowest BCUT2D eigenvalue weighted by molar-refractivity contribution is -0.0504. The van der Waals surface area contributed by atoms with Gasteiger partial charge in [-0.05, 0) is 13.0 Å². The van der Waals surface area contributed by atoms with E-state index < -0.39 is 6.61 Å². The molecule has 2 rings (SSSR count). The van der Waals surface area contributed by atoms with Crippen LogP contribution in [0.2, 0.25) is 0 Å². The van der Waals surface area contributed by atoms with Crippen molar-refractivity contribution in [3.05, 3.63) is 45.9 Å². The Kier molecular flexibility index (Phi) is 6.28. The van der Waals surface area contributed by atoms with Crippen molar-refractivity contribution in [3.63, 3.8) is 0 Å². The summed E-state index contributed by atoms with van der Waals surface area (Å²) in [5, 5.41) is 6.24. The van der Waals surface area contributed by atoms with Gasteiger partial charge < -0.3 is 15.4 Å². The fourth-order valence-corrected chi connectivity index (χ4v) is 2.64. The normalized spacial score (nSPS) is 11.6. The summed E-state index contributed by atoms with van der Waals surface area (Å²) in [5.74, 6) is 0.730. The van der Waals surface area contributed by atoms with Crippen LogP contribution in [-0.4, -0.2) is 24.6 Å². The molecule has 124 valence electrons. The first-order valence-electron chi connectivity index (χ1n) is 6.96. The Hall–Kier alpha value is -2.22. The van der Waals surface area contributed by atoms with E-state index in [0.29, 0.717) is 24.6 Å². The number of aryl methyl sites for hydroxylation is 1. The minimum Gasteiger partial charge on any atom is -0.434 e. The van der Waals surface area contributed by atoms with E-state index in [2.05, 4.69) is 25.3 Å². The minimum absolute atomic E-state index is 0.156. The number of alkyl halides is 2. The van der Waals surface area contributed by atoms with Crippen LogP contribution in [0.15, 0.2) is 34.8 Å². The molecule has 0 bridgehead atoms. The third-order valence-electron chi connectivity index (χ3n) is 3.12. The lowest BCUT2D eigenvalue weighted by Crippen LogP contribution is -2.36. The number of thiazole rings is 1. The molecule has 0 aliphatic heterocycles. The highest BCUT2D eigenvalue weighted by Gasteiger charge is 2.09. The van der Waals surface area contributed by atoms with Crippen LogP contribution in [0.5, 0.6) is 5.75 Å². The molecule has 0 saturated carbocycles. The molecule has 2 aromatic rings. The maximum absolute atomic E-state index is 12.4. The van der Waals surface area contributed by atoms with Gasteiger partial charge in [0.25, 0.3) is 0 Å². The zero-order chi connectivity index (χ0) is 16.7. The number of nitrogens with zero attached hydrogens (tertiary/aromatic N) is 2. The highest BCUT2D eigenvalue weighted by molar-refractivity contribution is 7.09. The molecule has 23 heavy (non-hydrogen) atoms. The predicted octanol–water partition coefficient (Wildman–Crippen LogP) is 2.92. The van der Waals surface area contributed by atoms with Gasteiger partial charge in [-0.15, -0.1) is 11.3 Å². The first-order valence-corrected chi connectivity index (χ1v) is 7.84. The number of ether oxygens (including phenoxy) is 1. The summed E-state index contributed by atoms with van der Waals surface area (Å²) >= 11 is 1.57. The molecule has 2 N–H and O–H groups in total. The van der Waals surface area contributed by atoms with Crippen LogP contribution in [0.25, 0.3) is 0 Å². The Balaban J connectivity index is 1.92. The molecule has 1 heterocycles. The van der Waals surface area contributed by atoms with Crippen molar-refractivity contribution >= 4 is 17.3 Å². The van der Waals surface area contributed by atoms with Crippen LogP contribution >= 0.6 is 11.3 Å². The van der Waals surface area contributed by atoms with Crippen LogP contribution in [0, 0.1) is 6.92 Å². The number of aromatic nitrogens is 1. The monoisotopic (exact) mass is 340 g/mol. The molecule has 0 spiro atoms. The molecule has 0 amide bonds. The van der Waals surface area contributed by atoms with E-state index in [-0.39, 0.29) is 5.75 Å². The maximum atomic E-state index is 12.4. The van der Waals surface area contributed by atoms with E-state index in [9.17, 15) is 8.78 Å². The molecule has 1 aromatic carbocycles. The van der Waals surface area contributed by atoms with Gasteiger partial charge >= 0.3 is 6.61 Å². The fraction of sp³-hybridized carbons (Fsp3) is 0.333. The summed E-state index contributed by atoms with van der Waals surface area (Å²) in [6.07, 6.45) is 0. The number of hydrogen-bond donors (Lipinski definition) is 2. The van der Waals surface area contributed by atoms with Crippen LogP contribution in [0.1, 0.15) is 16.1 Å². The zero-order valence-electron chi connectivity index (χ0n) is 12.8. The molecule has 1 aromatic heterocycles. The molecule has 0 atom stereocenters. The molecule has 0 aliphatic carbocycles. The van der Waals surface area contributed by atoms with Crippen LogP contribution in [0.3, 0.4) is 0 Å². The Labute approximate surface area is 137 Å². The molecule has 0 unspecified atom stereocenters. The van der Waals surface area contributed by atoms with Crippen molar-refractivity contribution in [1.82, 2.24) is 15.6 Å². The van der Waals surface area contributed by atoms with E-state index >= 15 is 0 Å². The minimum atomic E-state index is -2.84. The van der Waals surface area contributed by atoms with Gasteiger partial charge in [-0.3, -0.25) is 4.99 Å². The van der Waals surface area contributed by atoms with Gasteiger partial charge in [0.1, 0.15) is 5.75 Å². The van der Waals surface area contributed by atoms with Crippen molar-refractivity contribution in [3.8, 4) is 5.75 Å². The molecule has 0 aliphatic rings. The molecule has 0 fully saturated rings. The number of nitrogens with one attached hydrogen (secondary N) is 2. The summed E-state index contributed by atoms with van der Waals surface area (Å²) in [4.78, 5) is 9.42. The van der Waals surface area contributed by atoms with Crippen molar-refractivity contribution in [2.45, 2.75) is 26.6 Å². The highest BCUT2D eigenvalue weighted by Crippen LogP contribution is 2.19. The lowest BCUT2D eigenvalue weighted by Gasteiger charge is -2.14. The predicted molar refractivity (Wildman–Crippen MR) is 87.0 cm³/mol. The molecule has 5 nitrogen and oxygen atoms in total. The lowest BCUT2D eigenvalue weighted by atomic mass is 10.2. The molecule has 0 saturated heterocycles. The van der Waals surface area contributed by atoms with Gasteiger partial charge in [-0.2, -0.15) is 8.78 Å². The molecule has 8 heteroatoms. The summed E-state index contributed by atoms with van der Waals surface area (Å²) in [6.45, 7) is 0.0277. The first-order chi connectivity index (χ1) is 11.1. The average Bonchev–Trinajstić information content (AvgIpc) is 2.93. The Morgan fingerprint density at radius 1 is 1.30 bits per heavy atom. The smallest absolute Gasteiger partial charge is 0.387 e. The summed E-state index contributed by atoms with van der Waals surface area (Å²) < 4.78 is 29.3. The number of aliphatic imine (C=N–C) groups is 1. The van der Waals surface area contributed by atoms with Crippen LogP contribution in [0.4, 0.5) is 8.78 Å². The van der Waals surface area contributed by atoms with E-state index in [1.165, 1.54) is 6.07 Å². The first kappa shape index (κ1) is 17.1. The summed E-state index contributed by atoms with van der Waals surface area (Å²) in [5.41, 5.74) is 3.40. The largest absolute Gasteiger partial charge is 0.434 e. The van der Waals surface area contributed by atoms with Gasteiger partial charge in [0.2, 0.25) is 0 Å². The van der Waals surface area contributed by atoms with Gasteiger partial charge in [0, 0.05) is 24.0 Å². The number of rotatable bonds is 6. The van der Waals surface area contributed by atoms with Crippen molar-refractivity contribution in [1.29, 1.82) is 0 Å². The molecular formula is C15H18F2N4OS. The maximum Gasteiger partial charge on any atom is 0.387 e. The van der Waals surface area contributed by atoms with Gasteiger partial charge in [-0.1, -0.05) is 18.2 Å². The van der Waals surface area contributed by atoms with Crippen molar-refractivity contribution < 1.29 is 13.5 Å². The third kappa shape index (κ3) is 5.17. The second-order valence-corrected chi connectivity index (χ2v) is 5.57. The van der Waals surface area contributed by atoms with Gasteiger partial charge in [-0.25, -0.2) is 4.98 Å². The van der Waals surface area contributed by atoms with E-state index in [0.717, 1.165) is 10.6 Å². The van der Waals surface area contributed by atoms with Gasteiger partial charge in [0.05, 0.1) is 17.7 Å². The second-order valence-electron chi connectivity index (χ2n) is 4.63. The Morgan fingerprint density at radius 2 is 2.04 bits per heavy atom. The standard InChI is InChI=1S/C15H18F2N4OS/c1-10-13(23-9-21-10)8-20-15(18-2)19-7-11-5-3-4-6-12(11)22-14(16)17/h3-6,9,14H,7-8H2,1-2H3,(H2,18,19,20). The van der Waals surface area contributed by atoms with E-state index in [1.807, 2.05) is 6.92 Å². The SMILES string of the molecule is CN=C(NCc1ccccc1OC(F)F)NCc1scnc1C. The number of halogens is 2. The average molecular weight is 340 g/mol. The topological polar surface area (TPSA) is 58.5 Å². The number of hydrogen-bond acceptors (Lipinski definition) is 4. The number of guanidine groups is 1. The molecular weight excluding hydrogens is 322 g/mol. The van der Waals surface area contributed by atoms with E-state index in [1.54, 1.807) is 42.1 Å². The fourth-order valence-electron chi connectivity index (χ4n) is 1.92. The van der Waals surface area contributed by atoms with Crippen molar-refractivity contribution in [2.75, 3.05) is 7.05 Å². The second kappa shape index (κ2) is 8.42. The van der Waals surface area contributed by atoms with Crippen LogP contribution in [-0.2, 0) is 13.1 Å². The third-order valence-corrected chi connectivity index (χ3v) is 4.05. The summed E-state index contributed by atoms with van der Waals surface area (Å²) in [6, 6.07) is 6.67. The van der Waals surface area contributed by atoms with Crippen molar-refractivity contribution in [2.24, 2.45) is 4.99 Å². The summed E-state index contributed by atoms with van der Waals surface area (Å²) in [7, 11) is 1.65.